The van der Waals surface area contributed by atoms with Gasteiger partial charge in [0.05, 0.1) is 31.1 Å². The van der Waals surface area contributed by atoms with Crippen LogP contribution in [-0.4, -0.2) is 36.9 Å². The molecule has 2 aromatic heterocycles. The number of carbonyl (C=O) groups excluding carboxylic acids is 2. The monoisotopic (exact) mass is 554 g/mol. The van der Waals surface area contributed by atoms with Crippen molar-refractivity contribution < 1.29 is 14.3 Å². The van der Waals surface area contributed by atoms with Gasteiger partial charge in [0.15, 0.2) is 5.78 Å². The normalized spacial score (nSPS) is 18.1. The van der Waals surface area contributed by atoms with E-state index in [4.69, 9.17) is 4.74 Å². The summed E-state index contributed by atoms with van der Waals surface area (Å²) in [4.78, 5) is 33.6. The summed E-state index contributed by atoms with van der Waals surface area (Å²) in [6.45, 7) is 4.92. The van der Waals surface area contributed by atoms with E-state index in [1.165, 1.54) is 0 Å². The lowest BCUT2D eigenvalue weighted by Crippen LogP contribution is -2.42. The molecule has 206 valence electrons. The molecular formula is C32H34N4O3S. The van der Waals surface area contributed by atoms with Gasteiger partial charge in [0.25, 0.3) is 0 Å². The highest BCUT2D eigenvalue weighted by Gasteiger charge is 2.42. The third-order valence-corrected chi connectivity index (χ3v) is 8.75. The first kappa shape index (κ1) is 26.2. The van der Waals surface area contributed by atoms with Gasteiger partial charge in [-0.05, 0) is 65.6 Å². The Kier molecular flexibility index (Phi) is 6.88. The Morgan fingerprint density at radius 3 is 2.80 bits per heavy atom. The molecule has 7 nitrogen and oxygen atoms in total. The number of para-hydroxylation sites is 2. The second kappa shape index (κ2) is 10.5. The Morgan fingerprint density at radius 1 is 1.15 bits per heavy atom. The number of benzene rings is 2. The number of thiophene rings is 1. The van der Waals surface area contributed by atoms with Crippen molar-refractivity contribution in [3.63, 3.8) is 0 Å². The zero-order valence-corrected chi connectivity index (χ0v) is 23.9. The molecule has 0 saturated carbocycles. The van der Waals surface area contributed by atoms with E-state index in [0.717, 1.165) is 56.2 Å². The number of aromatic nitrogens is 1. The van der Waals surface area contributed by atoms with E-state index in [1.807, 2.05) is 60.1 Å². The van der Waals surface area contributed by atoms with E-state index < -0.39 is 0 Å². The molecule has 2 aromatic carbocycles. The maximum Gasteiger partial charge on any atom is 0.239 e. The van der Waals surface area contributed by atoms with Crippen LogP contribution in [0.4, 0.5) is 11.4 Å². The number of amides is 1. The first-order valence-corrected chi connectivity index (χ1v) is 14.5. The highest BCUT2D eigenvalue weighted by atomic mass is 32.1. The largest absolute Gasteiger partial charge is 0.497 e. The Bertz CT molecular complexity index is 1600. The number of H-pyrrole nitrogens is 1. The summed E-state index contributed by atoms with van der Waals surface area (Å²) in [7, 11) is 1.66. The molecule has 1 unspecified atom stereocenters. The second-order valence-corrected chi connectivity index (χ2v) is 12.3. The molecule has 0 spiro atoms. The van der Waals surface area contributed by atoms with Gasteiger partial charge in [0.1, 0.15) is 5.75 Å². The molecule has 1 amide bonds. The van der Waals surface area contributed by atoms with Gasteiger partial charge in [-0.25, -0.2) is 0 Å². The van der Waals surface area contributed by atoms with Gasteiger partial charge in [-0.1, -0.05) is 32.0 Å². The molecule has 6 rings (SSSR count). The lowest BCUT2D eigenvalue weighted by molar-refractivity contribution is -0.120. The van der Waals surface area contributed by atoms with Gasteiger partial charge in [-0.3, -0.25) is 9.59 Å². The molecule has 0 radical (unpaired) electrons. The van der Waals surface area contributed by atoms with Gasteiger partial charge in [-0.15, -0.1) is 11.3 Å². The van der Waals surface area contributed by atoms with Gasteiger partial charge < -0.3 is 25.3 Å². The zero-order chi connectivity index (χ0) is 27.9. The fourth-order valence-corrected chi connectivity index (χ4v) is 6.85. The number of rotatable bonds is 7. The molecular weight excluding hydrogens is 520 g/mol. The first-order chi connectivity index (χ1) is 19.3. The number of hydrogen-bond acceptors (Lipinski definition) is 6. The van der Waals surface area contributed by atoms with E-state index in [0.29, 0.717) is 19.4 Å². The van der Waals surface area contributed by atoms with E-state index in [9.17, 15) is 9.59 Å². The van der Waals surface area contributed by atoms with Crippen LogP contribution in [0.1, 0.15) is 43.2 Å². The molecule has 40 heavy (non-hydrogen) atoms. The van der Waals surface area contributed by atoms with E-state index >= 15 is 0 Å². The van der Waals surface area contributed by atoms with Gasteiger partial charge >= 0.3 is 0 Å². The number of methoxy groups -OCH3 is 1. The van der Waals surface area contributed by atoms with Crippen molar-refractivity contribution in [3.8, 4) is 5.75 Å². The number of ketones is 1. The Hall–Kier alpha value is -4.04. The standard InChI is InChI=1S/C32H34N4O3S/c1-32(2)16-25-30(27(37)17-32)31(28-9-6-14-40-28)36(26-8-5-4-7-24(26)35-25)19-29(38)33-13-12-20-18-34-23-11-10-21(39-3)15-22(20)23/h4-11,14-15,18,31,34-35H,12-13,16-17,19H2,1-3H3,(H,33,38). The number of aromatic amines is 1. The number of Topliss-reactive ketones (excluding diaryl/α,β-unsaturated/α-hetero) is 1. The van der Waals surface area contributed by atoms with Gasteiger partial charge in [0.2, 0.25) is 5.91 Å². The highest BCUT2D eigenvalue weighted by molar-refractivity contribution is 7.10. The Labute approximate surface area is 238 Å². The SMILES string of the molecule is COc1ccc2[nH]cc(CCNC(=O)CN3c4ccccc4NC4=C(C(=O)CC(C)(C)C4)C3c3cccs3)c2c1. The smallest absolute Gasteiger partial charge is 0.239 e. The van der Waals surface area contributed by atoms with Crippen LogP contribution < -0.4 is 20.3 Å². The van der Waals surface area contributed by atoms with Crippen LogP contribution in [0.2, 0.25) is 0 Å². The van der Waals surface area contributed by atoms with Crippen LogP contribution in [-0.2, 0) is 16.0 Å². The Balaban J connectivity index is 1.28. The maximum absolute atomic E-state index is 13.7. The van der Waals surface area contributed by atoms with Crippen molar-refractivity contribution in [1.29, 1.82) is 0 Å². The van der Waals surface area contributed by atoms with Crippen LogP contribution in [0.25, 0.3) is 10.9 Å². The van der Waals surface area contributed by atoms with Crippen molar-refractivity contribution in [1.82, 2.24) is 10.3 Å². The quantitative estimate of drug-likeness (QED) is 0.253. The number of anilines is 2. The molecule has 4 aromatic rings. The molecule has 0 saturated heterocycles. The third kappa shape index (κ3) is 4.99. The summed E-state index contributed by atoms with van der Waals surface area (Å²) in [5.74, 6) is 0.867. The van der Waals surface area contributed by atoms with Crippen molar-refractivity contribution in [2.45, 2.75) is 39.2 Å². The second-order valence-electron chi connectivity index (χ2n) is 11.3. The van der Waals surface area contributed by atoms with Crippen LogP contribution in [0.15, 0.2) is 77.4 Å². The van der Waals surface area contributed by atoms with Crippen LogP contribution in [0, 0.1) is 5.41 Å². The number of nitrogens with zero attached hydrogens (tertiary/aromatic N) is 1. The van der Waals surface area contributed by atoms with Gasteiger partial charge in [-0.2, -0.15) is 0 Å². The molecule has 1 aliphatic carbocycles. The third-order valence-electron chi connectivity index (χ3n) is 7.82. The van der Waals surface area contributed by atoms with Crippen molar-refractivity contribution in [2.24, 2.45) is 5.41 Å². The zero-order valence-electron chi connectivity index (χ0n) is 23.0. The Morgan fingerprint density at radius 2 is 2.00 bits per heavy atom. The number of ether oxygens (including phenoxy) is 1. The average Bonchev–Trinajstić information content (AvgIpc) is 3.57. The molecule has 1 atom stereocenters. The highest BCUT2D eigenvalue weighted by Crippen LogP contribution is 2.48. The predicted octanol–water partition coefficient (Wildman–Crippen LogP) is 6.21. The van der Waals surface area contributed by atoms with Crippen molar-refractivity contribution in [2.75, 3.05) is 30.4 Å². The summed E-state index contributed by atoms with van der Waals surface area (Å²) >= 11 is 1.62. The molecule has 3 N–H and O–H groups in total. The fourth-order valence-electron chi connectivity index (χ4n) is 6.01. The lowest BCUT2D eigenvalue weighted by atomic mass is 9.74. The van der Waals surface area contributed by atoms with E-state index in [-0.39, 0.29) is 29.7 Å². The molecule has 1 aliphatic heterocycles. The number of nitrogens with one attached hydrogen (secondary N) is 3. The number of allylic oxidation sites excluding steroid dienone is 1. The average molecular weight is 555 g/mol. The lowest BCUT2D eigenvalue weighted by Gasteiger charge is -2.37. The molecule has 3 heterocycles. The molecule has 0 fully saturated rings. The van der Waals surface area contributed by atoms with Crippen LogP contribution in [0.3, 0.4) is 0 Å². The van der Waals surface area contributed by atoms with E-state index in [1.54, 1.807) is 18.4 Å². The summed E-state index contributed by atoms with van der Waals surface area (Å²) in [6.07, 6.45) is 3.94. The number of fused-ring (bicyclic) bond motifs is 2. The molecule has 8 heteroatoms. The number of carbonyl (C=O) groups is 2. The molecule has 0 bridgehead atoms. The topological polar surface area (TPSA) is 86.5 Å². The maximum atomic E-state index is 13.7. The summed E-state index contributed by atoms with van der Waals surface area (Å²) in [5, 5.41) is 9.87. The first-order valence-electron chi connectivity index (χ1n) is 13.7. The van der Waals surface area contributed by atoms with Crippen LogP contribution in [0.5, 0.6) is 5.75 Å². The van der Waals surface area contributed by atoms with Crippen LogP contribution >= 0.6 is 11.3 Å². The minimum Gasteiger partial charge on any atom is -0.497 e. The van der Waals surface area contributed by atoms with Gasteiger partial charge in [0, 0.05) is 46.2 Å². The fraction of sp³-hybridized carbons (Fsp3) is 0.312. The minimum absolute atomic E-state index is 0.0820. The predicted molar refractivity (Wildman–Crippen MR) is 161 cm³/mol. The summed E-state index contributed by atoms with van der Waals surface area (Å²) in [6, 6.07) is 17.7. The molecule has 2 aliphatic rings. The minimum atomic E-state index is -0.332. The summed E-state index contributed by atoms with van der Waals surface area (Å²) < 4.78 is 5.39. The summed E-state index contributed by atoms with van der Waals surface area (Å²) in [5.41, 5.74) is 5.61. The number of hydrogen-bond donors (Lipinski definition) is 3. The van der Waals surface area contributed by atoms with E-state index in [2.05, 4.69) is 40.4 Å². The van der Waals surface area contributed by atoms with Crippen molar-refractivity contribution >= 4 is 45.3 Å². The van der Waals surface area contributed by atoms with Crippen molar-refractivity contribution in [3.05, 3.63) is 87.9 Å².